The Bertz CT molecular complexity index is 838. The number of carbonyl (C=O) groups is 1. The van der Waals surface area contributed by atoms with E-state index in [0.717, 1.165) is 55.0 Å². The molecule has 1 amide bonds. The van der Waals surface area contributed by atoms with Crippen LogP contribution in [-0.2, 0) is 17.8 Å². The Morgan fingerprint density at radius 2 is 1.83 bits per heavy atom. The lowest BCUT2D eigenvalue weighted by Crippen LogP contribution is -2.29. The predicted octanol–water partition coefficient (Wildman–Crippen LogP) is 3.66. The molecular formula is C23H30N2O4. The highest BCUT2D eigenvalue weighted by atomic mass is 16.7. The van der Waals surface area contributed by atoms with E-state index in [4.69, 9.17) is 14.7 Å². The van der Waals surface area contributed by atoms with E-state index in [1.165, 1.54) is 11.1 Å². The van der Waals surface area contributed by atoms with Gasteiger partial charge in [0.15, 0.2) is 11.5 Å². The number of benzene rings is 2. The van der Waals surface area contributed by atoms with Crippen LogP contribution in [0.1, 0.15) is 41.5 Å². The molecule has 0 unspecified atom stereocenters. The Hall–Kier alpha value is -2.57. The second-order valence-electron chi connectivity index (χ2n) is 7.66. The highest BCUT2D eigenvalue weighted by Gasteiger charge is 2.18. The molecule has 3 rings (SSSR count). The number of rotatable bonds is 10. The Labute approximate surface area is 172 Å². The average molecular weight is 399 g/mol. The number of nitrogens with one attached hydrogen (secondary N) is 2. The van der Waals surface area contributed by atoms with Crippen LogP contribution in [0, 0.1) is 19.8 Å². The van der Waals surface area contributed by atoms with Gasteiger partial charge in [-0.1, -0.05) is 30.7 Å². The molecule has 1 atom stereocenters. The minimum Gasteiger partial charge on any atom is -0.454 e. The molecule has 6 heteroatoms. The first kappa shape index (κ1) is 21.1. The molecule has 0 radical (unpaired) electrons. The number of hydrogen-bond acceptors (Lipinski definition) is 5. The van der Waals surface area contributed by atoms with Crippen molar-refractivity contribution in [3.05, 3.63) is 58.7 Å². The van der Waals surface area contributed by atoms with E-state index in [1.54, 1.807) is 0 Å². The summed E-state index contributed by atoms with van der Waals surface area (Å²) in [7, 11) is 0. The largest absolute Gasteiger partial charge is 0.454 e. The number of fused-ring (bicyclic) bond motifs is 1. The van der Waals surface area contributed by atoms with E-state index in [2.05, 4.69) is 37.4 Å². The average Bonchev–Trinajstić information content (AvgIpc) is 3.19. The third-order valence-electron chi connectivity index (χ3n) is 5.46. The van der Waals surface area contributed by atoms with Crippen molar-refractivity contribution in [3.63, 3.8) is 0 Å². The van der Waals surface area contributed by atoms with E-state index in [0.29, 0.717) is 6.42 Å². The maximum atomic E-state index is 12.1. The van der Waals surface area contributed by atoms with Gasteiger partial charge in [-0.25, -0.2) is 5.48 Å². The number of hydrogen-bond donors (Lipinski definition) is 3. The summed E-state index contributed by atoms with van der Waals surface area (Å²) in [4.78, 5) is 12.1. The summed E-state index contributed by atoms with van der Waals surface area (Å²) in [5.74, 6) is 1.06. The lowest BCUT2D eigenvalue weighted by molar-refractivity contribution is -0.133. The van der Waals surface area contributed by atoms with Crippen LogP contribution in [0.2, 0.25) is 0 Å². The van der Waals surface area contributed by atoms with E-state index in [1.807, 2.05) is 23.7 Å². The summed E-state index contributed by atoms with van der Waals surface area (Å²) >= 11 is 0. The minimum atomic E-state index is -0.309. The van der Waals surface area contributed by atoms with Gasteiger partial charge < -0.3 is 14.8 Å². The second-order valence-corrected chi connectivity index (χ2v) is 7.66. The summed E-state index contributed by atoms with van der Waals surface area (Å²) in [5, 5.41) is 12.5. The molecule has 1 aliphatic heterocycles. The van der Waals surface area contributed by atoms with Gasteiger partial charge in [-0.2, -0.15) is 0 Å². The normalized spacial score (nSPS) is 13.3. The molecule has 156 valence electrons. The third-order valence-corrected chi connectivity index (χ3v) is 5.46. The van der Waals surface area contributed by atoms with E-state index < -0.39 is 0 Å². The van der Waals surface area contributed by atoms with Crippen LogP contribution in [0.4, 0.5) is 0 Å². The van der Waals surface area contributed by atoms with Gasteiger partial charge in [-0.05, 0) is 74.0 Å². The van der Waals surface area contributed by atoms with Crippen LogP contribution in [0.3, 0.4) is 0 Å². The monoisotopic (exact) mass is 398 g/mol. The van der Waals surface area contributed by atoms with Crippen LogP contribution in [0.5, 0.6) is 11.5 Å². The maximum absolute atomic E-state index is 12.1. The summed E-state index contributed by atoms with van der Waals surface area (Å²) in [5.41, 5.74) is 6.57. The molecule has 0 saturated carbocycles. The molecule has 0 fully saturated rings. The first-order chi connectivity index (χ1) is 14.1. The van der Waals surface area contributed by atoms with Crippen LogP contribution < -0.4 is 20.3 Å². The number of unbranched alkanes of at least 4 members (excludes halogenated alkanes) is 1. The second kappa shape index (κ2) is 10.3. The Morgan fingerprint density at radius 3 is 2.62 bits per heavy atom. The summed E-state index contributed by atoms with van der Waals surface area (Å²) < 4.78 is 10.7. The highest BCUT2D eigenvalue weighted by Crippen LogP contribution is 2.32. The molecule has 29 heavy (non-hydrogen) atoms. The van der Waals surface area contributed by atoms with Crippen LogP contribution >= 0.6 is 0 Å². The fourth-order valence-corrected chi connectivity index (χ4v) is 3.56. The molecule has 1 heterocycles. The van der Waals surface area contributed by atoms with E-state index in [9.17, 15) is 4.79 Å². The Kier molecular flexibility index (Phi) is 7.49. The molecule has 0 spiro atoms. The number of carbonyl (C=O) groups excluding carboxylic acids is 1. The SMILES string of the molecule is Cc1ccc(C[C@H](CCCCNCc2ccc3c(c2)OCO3)C(=O)NO)cc1C. The Balaban J connectivity index is 1.40. The number of aryl methyl sites for hydroxylation is 2. The van der Waals surface area contributed by atoms with Crippen molar-refractivity contribution in [2.75, 3.05) is 13.3 Å². The summed E-state index contributed by atoms with van der Waals surface area (Å²) in [6.45, 7) is 6.07. The van der Waals surface area contributed by atoms with Crippen molar-refractivity contribution >= 4 is 5.91 Å². The van der Waals surface area contributed by atoms with Crippen LogP contribution in [0.15, 0.2) is 36.4 Å². The van der Waals surface area contributed by atoms with Gasteiger partial charge in [-0.15, -0.1) is 0 Å². The lowest BCUT2D eigenvalue weighted by atomic mass is 9.92. The molecule has 2 aromatic carbocycles. The van der Waals surface area contributed by atoms with Crippen molar-refractivity contribution in [3.8, 4) is 11.5 Å². The molecular weight excluding hydrogens is 368 g/mol. The van der Waals surface area contributed by atoms with E-state index in [-0.39, 0.29) is 18.6 Å². The zero-order valence-electron chi connectivity index (χ0n) is 17.2. The van der Waals surface area contributed by atoms with Gasteiger partial charge in [0.25, 0.3) is 0 Å². The minimum absolute atomic E-state index is 0.226. The zero-order valence-corrected chi connectivity index (χ0v) is 17.2. The molecule has 3 N–H and O–H groups in total. The van der Waals surface area contributed by atoms with Crippen molar-refractivity contribution in [2.45, 2.75) is 46.1 Å². The molecule has 6 nitrogen and oxygen atoms in total. The predicted molar refractivity (Wildman–Crippen MR) is 111 cm³/mol. The van der Waals surface area contributed by atoms with Crippen molar-refractivity contribution in [2.24, 2.45) is 5.92 Å². The lowest BCUT2D eigenvalue weighted by Gasteiger charge is -2.16. The number of amides is 1. The first-order valence-corrected chi connectivity index (χ1v) is 10.2. The number of ether oxygens (including phenoxy) is 2. The molecule has 0 aliphatic carbocycles. The smallest absolute Gasteiger partial charge is 0.246 e. The van der Waals surface area contributed by atoms with Gasteiger partial charge in [0.05, 0.1) is 0 Å². The van der Waals surface area contributed by atoms with Crippen molar-refractivity contribution < 1.29 is 19.5 Å². The Morgan fingerprint density at radius 1 is 1.03 bits per heavy atom. The van der Waals surface area contributed by atoms with E-state index >= 15 is 0 Å². The van der Waals surface area contributed by atoms with Gasteiger partial charge in [0.1, 0.15) is 0 Å². The summed E-state index contributed by atoms with van der Waals surface area (Å²) in [6, 6.07) is 12.2. The topological polar surface area (TPSA) is 79.8 Å². The van der Waals surface area contributed by atoms with Crippen LogP contribution in [-0.4, -0.2) is 24.5 Å². The van der Waals surface area contributed by atoms with Crippen molar-refractivity contribution in [1.82, 2.24) is 10.8 Å². The summed E-state index contributed by atoms with van der Waals surface area (Å²) in [6.07, 6.45) is 3.26. The fourth-order valence-electron chi connectivity index (χ4n) is 3.56. The molecule has 0 saturated heterocycles. The standard InChI is InChI=1S/C23H30N2O4/c1-16-6-7-18(11-17(16)2)12-20(23(26)25-27)5-3-4-10-24-14-19-8-9-21-22(13-19)29-15-28-21/h6-9,11,13,20,24,27H,3-5,10,12,14-15H2,1-2H3,(H,25,26)/t20-/m0/s1. The molecule has 1 aliphatic rings. The number of hydroxylamine groups is 1. The molecule has 0 aromatic heterocycles. The van der Waals surface area contributed by atoms with Gasteiger partial charge in [0, 0.05) is 12.5 Å². The van der Waals surface area contributed by atoms with Crippen LogP contribution in [0.25, 0.3) is 0 Å². The quantitative estimate of drug-likeness (QED) is 0.323. The first-order valence-electron chi connectivity index (χ1n) is 10.2. The van der Waals surface area contributed by atoms with Gasteiger partial charge >= 0.3 is 0 Å². The zero-order chi connectivity index (χ0) is 20.6. The molecule has 2 aromatic rings. The highest BCUT2D eigenvalue weighted by molar-refractivity contribution is 5.77. The molecule has 0 bridgehead atoms. The van der Waals surface area contributed by atoms with Gasteiger partial charge in [0.2, 0.25) is 12.7 Å². The third kappa shape index (κ3) is 5.95. The maximum Gasteiger partial charge on any atom is 0.246 e. The fraction of sp³-hybridized carbons (Fsp3) is 0.435. The van der Waals surface area contributed by atoms with Crippen molar-refractivity contribution in [1.29, 1.82) is 0 Å². The van der Waals surface area contributed by atoms with Gasteiger partial charge in [-0.3, -0.25) is 10.0 Å².